The predicted octanol–water partition coefficient (Wildman–Crippen LogP) is 5.41. The van der Waals surface area contributed by atoms with Crippen molar-refractivity contribution in [1.29, 1.82) is 0 Å². The highest BCUT2D eigenvalue weighted by atomic mass is 16.5. The number of ether oxygens (including phenoxy) is 1. The molecule has 3 rings (SSSR count). The molecule has 0 unspecified atom stereocenters. The van der Waals surface area contributed by atoms with Crippen LogP contribution in [0.15, 0.2) is 83.0 Å². The Morgan fingerprint density at radius 1 is 1.06 bits per heavy atom. The summed E-state index contributed by atoms with van der Waals surface area (Å²) >= 11 is 0. The summed E-state index contributed by atoms with van der Waals surface area (Å²) < 4.78 is 11.3. The number of allylic oxidation sites excluding steroid dienone is 1. The van der Waals surface area contributed by atoms with Crippen molar-refractivity contribution in [2.45, 2.75) is 26.3 Å². The van der Waals surface area contributed by atoms with Gasteiger partial charge in [-0.15, -0.1) is 0 Å². The zero-order chi connectivity index (χ0) is 22.9. The molecule has 0 saturated carbocycles. The lowest BCUT2D eigenvalue weighted by Gasteiger charge is -2.20. The maximum Gasteiger partial charge on any atom is 0.328 e. The standard InChI is InChI=1S/C26H27NO5/c1-19(17-25(28)29)7-5-15-32-24-9-4-3-8-22(24)18-27(2)26(30)21-13-11-20(12-14-21)23-10-6-16-31-23/h3-4,6,8-14,16-17H,5,7,15,18H2,1-2H3,(H,28,29)/b19-17+. The minimum Gasteiger partial charge on any atom is -0.493 e. The third kappa shape index (κ3) is 6.35. The molecule has 3 aromatic rings. The van der Waals surface area contributed by atoms with Crippen LogP contribution in [0.1, 0.15) is 35.7 Å². The van der Waals surface area contributed by atoms with Crippen LogP contribution in [0.25, 0.3) is 11.3 Å². The molecule has 0 radical (unpaired) electrons. The van der Waals surface area contributed by atoms with Crippen LogP contribution in [-0.2, 0) is 11.3 Å². The molecular formula is C26H27NO5. The van der Waals surface area contributed by atoms with Crippen molar-refractivity contribution in [3.8, 4) is 17.1 Å². The molecule has 6 nitrogen and oxygen atoms in total. The van der Waals surface area contributed by atoms with E-state index in [9.17, 15) is 9.59 Å². The molecule has 0 bridgehead atoms. The fourth-order valence-electron chi connectivity index (χ4n) is 3.36. The second-order valence-electron chi connectivity index (χ2n) is 7.60. The molecule has 0 aliphatic rings. The Labute approximate surface area is 187 Å². The van der Waals surface area contributed by atoms with E-state index in [-0.39, 0.29) is 5.91 Å². The van der Waals surface area contributed by atoms with E-state index in [1.807, 2.05) is 48.5 Å². The van der Waals surface area contributed by atoms with Crippen molar-refractivity contribution >= 4 is 11.9 Å². The number of carbonyl (C=O) groups is 2. The van der Waals surface area contributed by atoms with Gasteiger partial charge < -0.3 is 19.2 Å². The molecule has 1 heterocycles. The lowest BCUT2D eigenvalue weighted by molar-refractivity contribution is -0.131. The summed E-state index contributed by atoms with van der Waals surface area (Å²) in [5.41, 5.74) is 3.23. The number of amides is 1. The van der Waals surface area contributed by atoms with E-state index in [4.69, 9.17) is 14.3 Å². The van der Waals surface area contributed by atoms with E-state index in [0.29, 0.717) is 31.6 Å². The number of nitrogens with zero attached hydrogens (tertiary/aromatic N) is 1. The number of carboxylic acids is 1. The number of benzene rings is 2. The van der Waals surface area contributed by atoms with E-state index in [0.717, 1.165) is 28.2 Å². The number of para-hydroxylation sites is 1. The second kappa shape index (κ2) is 11.0. The third-order valence-corrected chi connectivity index (χ3v) is 5.01. The highest BCUT2D eigenvalue weighted by Crippen LogP contribution is 2.23. The monoisotopic (exact) mass is 433 g/mol. The Kier molecular flexibility index (Phi) is 7.86. The Morgan fingerprint density at radius 2 is 1.81 bits per heavy atom. The molecule has 0 saturated heterocycles. The molecule has 1 aromatic heterocycles. The summed E-state index contributed by atoms with van der Waals surface area (Å²) in [5, 5.41) is 8.78. The van der Waals surface area contributed by atoms with Gasteiger partial charge in [-0.2, -0.15) is 0 Å². The van der Waals surface area contributed by atoms with Gasteiger partial charge in [0.15, 0.2) is 0 Å². The zero-order valence-corrected chi connectivity index (χ0v) is 18.3. The van der Waals surface area contributed by atoms with Crippen molar-refractivity contribution < 1.29 is 23.8 Å². The van der Waals surface area contributed by atoms with Crippen LogP contribution in [-0.4, -0.2) is 35.5 Å². The van der Waals surface area contributed by atoms with E-state index < -0.39 is 5.97 Å². The molecule has 32 heavy (non-hydrogen) atoms. The first-order valence-corrected chi connectivity index (χ1v) is 10.4. The summed E-state index contributed by atoms with van der Waals surface area (Å²) in [6.07, 6.45) is 4.20. The number of rotatable bonds is 10. The SMILES string of the molecule is C/C(=C\C(=O)O)CCCOc1ccccc1CN(C)C(=O)c1ccc(-c2ccco2)cc1. The summed E-state index contributed by atoms with van der Waals surface area (Å²) in [4.78, 5) is 25.2. The number of hydrogen-bond acceptors (Lipinski definition) is 4. The molecule has 0 aliphatic heterocycles. The molecule has 0 spiro atoms. The molecule has 0 fully saturated rings. The van der Waals surface area contributed by atoms with Gasteiger partial charge in [-0.3, -0.25) is 4.79 Å². The van der Waals surface area contributed by atoms with Crippen LogP contribution < -0.4 is 4.74 Å². The molecule has 1 amide bonds. The average Bonchev–Trinajstić information content (AvgIpc) is 3.32. The van der Waals surface area contributed by atoms with E-state index in [1.54, 1.807) is 37.3 Å². The Bertz CT molecular complexity index is 1070. The highest BCUT2D eigenvalue weighted by molar-refractivity contribution is 5.94. The van der Waals surface area contributed by atoms with Gasteiger partial charge in [0.25, 0.3) is 5.91 Å². The lowest BCUT2D eigenvalue weighted by atomic mass is 10.1. The predicted molar refractivity (Wildman–Crippen MR) is 123 cm³/mol. The molecular weight excluding hydrogens is 406 g/mol. The Balaban J connectivity index is 1.58. The van der Waals surface area contributed by atoms with Gasteiger partial charge in [0.05, 0.1) is 12.9 Å². The van der Waals surface area contributed by atoms with E-state index >= 15 is 0 Å². The third-order valence-electron chi connectivity index (χ3n) is 5.01. The lowest BCUT2D eigenvalue weighted by Crippen LogP contribution is -2.26. The molecule has 1 N–H and O–H groups in total. The van der Waals surface area contributed by atoms with Crippen molar-refractivity contribution in [1.82, 2.24) is 4.90 Å². The minimum atomic E-state index is -0.933. The fraction of sp³-hybridized carbons (Fsp3) is 0.231. The Hall–Kier alpha value is -3.80. The van der Waals surface area contributed by atoms with Crippen LogP contribution in [0.3, 0.4) is 0 Å². The van der Waals surface area contributed by atoms with Gasteiger partial charge in [0.1, 0.15) is 11.5 Å². The van der Waals surface area contributed by atoms with E-state index in [2.05, 4.69) is 0 Å². The summed E-state index contributed by atoms with van der Waals surface area (Å²) in [6.45, 7) is 2.67. The van der Waals surface area contributed by atoms with Crippen molar-refractivity contribution in [3.05, 3.63) is 89.7 Å². The van der Waals surface area contributed by atoms with Crippen molar-refractivity contribution in [2.75, 3.05) is 13.7 Å². The molecule has 6 heteroatoms. The zero-order valence-electron chi connectivity index (χ0n) is 18.3. The van der Waals surface area contributed by atoms with Gasteiger partial charge in [-0.25, -0.2) is 4.79 Å². The topological polar surface area (TPSA) is 80.0 Å². The van der Waals surface area contributed by atoms with Crippen molar-refractivity contribution in [3.63, 3.8) is 0 Å². The first kappa shape index (κ1) is 22.9. The smallest absolute Gasteiger partial charge is 0.328 e. The number of carbonyl (C=O) groups excluding carboxylic acids is 1. The van der Waals surface area contributed by atoms with Gasteiger partial charge in [-0.05, 0) is 50.1 Å². The number of carboxylic acid groups (broad SMARTS) is 1. The number of hydrogen-bond donors (Lipinski definition) is 1. The maximum atomic E-state index is 12.9. The largest absolute Gasteiger partial charge is 0.493 e. The van der Waals surface area contributed by atoms with Crippen LogP contribution in [0.2, 0.25) is 0 Å². The summed E-state index contributed by atoms with van der Waals surface area (Å²) in [7, 11) is 1.76. The van der Waals surface area contributed by atoms with Gasteiger partial charge in [-0.1, -0.05) is 35.9 Å². The summed E-state index contributed by atoms with van der Waals surface area (Å²) in [6, 6.07) is 18.7. The summed E-state index contributed by atoms with van der Waals surface area (Å²) in [5.74, 6) is 0.467. The van der Waals surface area contributed by atoms with Crippen LogP contribution in [0.5, 0.6) is 5.75 Å². The molecule has 2 aromatic carbocycles. The normalized spacial score (nSPS) is 11.2. The average molecular weight is 434 g/mol. The minimum absolute atomic E-state index is 0.0831. The van der Waals surface area contributed by atoms with Gasteiger partial charge in [0, 0.05) is 36.4 Å². The maximum absolute atomic E-state index is 12.9. The number of aliphatic carboxylic acids is 1. The molecule has 0 atom stereocenters. The van der Waals surface area contributed by atoms with Gasteiger partial charge in [0.2, 0.25) is 0 Å². The molecule has 166 valence electrons. The van der Waals surface area contributed by atoms with Crippen LogP contribution in [0, 0.1) is 0 Å². The van der Waals surface area contributed by atoms with Gasteiger partial charge >= 0.3 is 5.97 Å². The fourth-order valence-corrected chi connectivity index (χ4v) is 3.36. The quantitative estimate of drug-likeness (QED) is 0.342. The molecule has 0 aliphatic carbocycles. The van der Waals surface area contributed by atoms with E-state index in [1.165, 1.54) is 6.08 Å². The Morgan fingerprint density at radius 3 is 2.50 bits per heavy atom. The second-order valence-corrected chi connectivity index (χ2v) is 7.60. The van der Waals surface area contributed by atoms with Crippen LogP contribution in [0.4, 0.5) is 0 Å². The highest BCUT2D eigenvalue weighted by Gasteiger charge is 2.15. The van der Waals surface area contributed by atoms with Crippen LogP contribution >= 0.6 is 0 Å². The first-order chi connectivity index (χ1) is 15.4. The first-order valence-electron chi connectivity index (χ1n) is 10.4. The number of furan rings is 1. The van der Waals surface area contributed by atoms with Crippen molar-refractivity contribution in [2.24, 2.45) is 0 Å².